The van der Waals surface area contributed by atoms with Crippen molar-refractivity contribution in [3.63, 3.8) is 0 Å². The molecule has 0 fully saturated rings. The maximum absolute atomic E-state index is 10.0. The molecule has 2 nitrogen and oxygen atoms in total. The van der Waals surface area contributed by atoms with Crippen molar-refractivity contribution < 1.29 is 5.11 Å². The summed E-state index contributed by atoms with van der Waals surface area (Å²) < 4.78 is 0. The van der Waals surface area contributed by atoms with Gasteiger partial charge in [0.1, 0.15) is 0 Å². The van der Waals surface area contributed by atoms with E-state index >= 15 is 0 Å². The van der Waals surface area contributed by atoms with Crippen LogP contribution in [0.3, 0.4) is 0 Å². The smallest absolute Gasteiger partial charge is 0.0600 e. The normalized spacial score (nSPS) is 13.2. The average molecular weight is 255 g/mol. The van der Waals surface area contributed by atoms with Crippen LogP contribution in [-0.4, -0.2) is 35.7 Å². The van der Waals surface area contributed by atoms with Crippen LogP contribution in [0.1, 0.15) is 36.9 Å². The van der Waals surface area contributed by atoms with E-state index in [0.717, 1.165) is 38.9 Å². The number of aliphatic hydroxyl groups is 1. The van der Waals surface area contributed by atoms with E-state index in [4.69, 9.17) is 0 Å². The SMILES string of the molecule is CCc1ccc(CC(O)CCN(CC)CC)s1. The second-order valence-corrected chi connectivity index (χ2v) is 5.65. The predicted octanol–water partition coefficient (Wildman–Crippen LogP) is 2.95. The summed E-state index contributed by atoms with van der Waals surface area (Å²) in [6, 6.07) is 4.33. The highest BCUT2D eigenvalue weighted by molar-refractivity contribution is 7.11. The van der Waals surface area contributed by atoms with E-state index in [9.17, 15) is 5.11 Å². The van der Waals surface area contributed by atoms with E-state index in [0.29, 0.717) is 0 Å². The molecule has 1 N–H and O–H groups in total. The maximum atomic E-state index is 10.0. The standard InChI is InChI=1S/C14H25NOS/c1-4-13-7-8-14(17-13)11-12(16)9-10-15(5-2)6-3/h7-8,12,16H,4-6,9-11H2,1-3H3. The van der Waals surface area contributed by atoms with Gasteiger partial charge in [-0.05, 0) is 38.1 Å². The number of rotatable bonds is 8. The summed E-state index contributed by atoms with van der Waals surface area (Å²) in [7, 11) is 0. The van der Waals surface area contributed by atoms with Gasteiger partial charge in [-0.15, -0.1) is 11.3 Å². The molecule has 1 rings (SSSR count). The number of nitrogens with zero attached hydrogens (tertiary/aromatic N) is 1. The molecule has 0 saturated carbocycles. The third-order valence-corrected chi connectivity index (χ3v) is 4.43. The Morgan fingerprint density at radius 3 is 2.35 bits per heavy atom. The van der Waals surface area contributed by atoms with Crippen LogP contribution in [0.25, 0.3) is 0 Å². The first kappa shape index (κ1) is 14.7. The molecule has 3 heteroatoms. The summed E-state index contributed by atoms with van der Waals surface area (Å²) in [6.07, 6.45) is 2.59. The first-order valence-electron chi connectivity index (χ1n) is 6.67. The first-order valence-corrected chi connectivity index (χ1v) is 7.49. The minimum absolute atomic E-state index is 0.195. The fourth-order valence-electron chi connectivity index (χ4n) is 1.93. The number of hydrogen-bond acceptors (Lipinski definition) is 3. The van der Waals surface area contributed by atoms with Gasteiger partial charge in [0, 0.05) is 22.7 Å². The monoisotopic (exact) mass is 255 g/mol. The van der Waals surface area contributed by atoms with Gasteiger partial charge in [0.25, 0.3) is 0 Å². The van der Waals surface area contributed by atoms with Crippen LogP contribution in [-0.2, 0) is 12.8 Å². The summed E-state index contributed by atoms with van der Waals surface area (Å²) in [4.78, 5) is 5.08. The number of aliphatic hydroxyl groups excluding tert-OH is 1. The van der Waals surface area contributed by atoms with Gasteiger partial charge in [-0.3, -0.25) is 0 Å². The van der Waals surface area contributed by atoms with E-state index in [-0.39, 0.29) is 6.10 Å². The van der Waals surface area contributed by atoms with Crippen LogP contribution < -0.4 is 0 Å². The lowest BCUT2D eigenvalue weighted by Gasteiger charge is -2.19. The van der Waals surface area contributed by atoms with E-state index in [1.807, 2.05) is 11.3 Å². The summed E-state index contributed by atoms with van der Waals surface area (Å²) in [5.41, 5.74) is 0. The molecule has 0 radical (unpaired) electrons. The first-order chi connectivity index (χ1) is 8.19. The lowest BCUT2D eigenvalue weighted by atomic mass is 10.1. The number of hydrogen-bond donors (Lipinski definition) is 1. The fourth-order valence-corrected chi connectivity index (χ4v) is 2.96. The number of aryl methyl sites for hydroxylation is 1. The Balaban J connectivity index is 2.31. The second kappa shape index (κ2) is 7.85. The molecular formula is C14H25NOS. The molecular weight excluding hydrogens is 230 g/mol. The molecule has 1 heterocycles. The molecule has 0 bridgehead atoms. The van der Waals surface area contributed by atoms with E-state index in [1.165, 1.54) is 9.75 Å². The highest BCUT2D eigenvalue weighted by Crippen LogP contribution is 2.19. The van der Waals surface area contributed by atoms with Crippen molar-refractivity contribution in [3.05, 3.63) is 21.9 Å². The van der Waals surface area contributed by atoms with E-state index in [1.54, 1.807) is 0 Å². The molecule has 1 aromatic rings. The van der Waals surface area contributed by atoms with E-state index < -0.39 is 0 Å². The van der Waals surface area contributed by atoms with Gasteiger partial charge in [-0.2, -0.15) is 0 Å². The highest BCUT2D eigenvalue weighted by Gasteiger charge is 2.09. The molecule has 1 atom stereocenters. The van der Waals surface area contributed by atoms with Crippen molar-refractivity contribution in [2.45, 2.75) is 46.1 Å². The quantitative estimate of drug-likeness (QED) is 0.772. The van der Waals surface area contributed by atoms with Crippen molar-refractivity contribution in [3.8, 4) is 0 Å². The van der Waals surface area contributed by atoms with Gasteiger partial charge in [0.15, 0.2) is 0 Å². The highest BCUT2D eigenvalue weighted by atomic mass is 32.1. The van der Waals surface area contributed by atoms with Crippen LogP contribution in [0.5, 0.6) is 0 Å². The zero-order valence-corrected chi connectivity index (χ0v) is 12.1. The largest absolute Gasteiger partial charge is 0.393 e. The molecule has 98 valence electrons. The zero-order valence-electron chi connectivity index (χ0n) is 11.3. The summed E-state index contributed by atoms with van der Waals surface area (Å²) in [6.45, 7) is 9.66. The Hall–Kier alpha value is -0.380. The van der Waals surface area contributed by atoms with Crippen molar-refractivity contribution in [1.29, 1.82) is 0 Å². The van der Waals surface area contributed by atoms with Gasteiger partial charge in [0.05, 0.1) is 6.10 Å². The average Bonchev–Trinajstić information content (AvgIpc) is 2.78. The van der Waals surface area contributed by atoms with Gasteiger partial charge < -0.3 is 10.0 Å². The third-order valence-electron chi connectivity index (χ3n) is 3.18. The molecule has 0 saturated heterocycles. The van der Waals surface area contributed by atoms with Crippen LogP contribution in [0, 0.1) is 0 Å². The van der Waals surface area contributed by atoms with Crippen molar-refractivity contribution >= 4 is 11.3 Å². The van der Waals surface area contributed by atoms with Crippen LogP contribution >= 0.6 is 11.3 Å². The van der Waals surface area contributed by atoms with Crippen molar-refractivity contribution in [1.82, 2.24) is 4.90 Å². The lowest BCUT2D eigenvalue weighted by molar-refractivity contribution is 0.144. The summed E-state index contributed by atoms with van der Waals surface area (Å²) >= 11 is 1.83. The van der Waals surface area contributed by atoms with Crippen molar-refractivity contribution in [2.24, 2.45) is 0 Å². The molecule has 0 spiro atoms. The molecule has 1 aromatic heterocycles. The topological polar surface area (TPSA) is 23.5 Å². The van der Waals surface area contributed by atoms with Crippen LogP contribution in [0.15, 0.2) is 12.1 Å². The molecule has 0 aliphatic rings. The van der Waals surface area contributed by atoms with Gasteiger partial charge in [-0.1, -0.05) is 20.8 Å². The Bertz CT molecular complexity index is 307. The minimum Gasteiger partial charge on any atom is -0.393 e. The molecule has 0 aliphatic heterocycles. The fraction of sp³-hybridized carbons (Fsp3) is 0.714. The molecule has 0 aliphatic carbocycles. The Kier molecular flexibility index (Phi) is 6.78. The Morgan fingerprint density at radius 1 is 1.18 bits per heavy atom. The summed E-state index contributed by atoms with van der Waals surface area (Å²) in [5, 5.41) is 10.0. The molecule has 0 aromatic carbocycles. The van der Waals surface area contributed by atoms with Gasteiger partial charge in [-0.25, -0.2) is 0 Å². The zero-order chi connectivity index (χ0) is 12.7. The van der Waals surface area contributed by atoms with Crippen LogP contribution in [0.4, 0.5) is 0 Å². The second-order valence-electron chi connectivity index (χ2n) is 4.40. The minimum atomic E-state index is -0.195. The van der Waals surface area contributed by atoms with Gasteiger partial charge >= 0.3 is 0 Å². The predicted molar refractivity (Wildman–Crippen MR) is 75.8 cm³/mol. The Morgan fingerprint density at radius 2 is 1.82 bits per heavy atom. The van der Waals surface area contributed by atoms with E-state index in [2.05, 4.69) is 37.8 Å². The van der Waals surface area contributed by atoms with Gasteiger partial charge in [0.2, 0.25) is 0 Å². The maximum Gasteiger partial charge on any atom is 0.0600 e. The summed E-state index contributed by atoms with van der Waals surface area (Å²) in [5.74, 6) is 0. The molecule has 0 amide bonds. The third kappa shape index (κ3) is 5.19. The van der Waals surface area contributed by atoms with Crippen molar-refractivity contribution in [2.75, 3.05) is 19.6 Å². The molecule has 17 heavy (non-hydrogen) atoms. The Labute approximate surface area is 109 Å². The van der Waals surface area contributed by atoms with Crippen LogP contribution in [0.2, 0.25) is 0 Å². The number of thiophene rings is 1. The molecule has 1 unspecified atom stereocenters. The lowest BCUT2D eigenvalue weighted by Crippen LogP contribution is -2.27.